The number of benzene rings is 2. The third kappa shape index (κ3) is 4.79. The van der Waals surface area contributed by atoms with E-state index in [-0.39, 0.29) is 17.2 Å². The van der Waals surface area contributed by atoms with Gasteiger partial charge in [-0.2, -0.15) is 0 Å². The highest BCUT2D eigenvalue weighted by atomic mass is 16.6. The van der Waals surface area contributed by atoms with Crippen molar-refractivity contribution in [2.24, 2.45) is 0 Å². The van der Waals surface area contributed by atoms with Gasteiger partial charge < -0.3 is 14.8 Å². The first-order chi connectivity index (χ1) is 14.5. The van der Waals surface area contributed by atoms with Crippen LogP contribution in [0.3, 0.4) is 0 Å². The number of nitro benzene ring substituents is 1. The maximum atomic E-state index is 12.7. The van der Waals surface area contributed by atoms with E-state index in [4.69, 9.17) is 9.47 Å². The summed E-state index contributed by atoms with van der Waals surface area (Å²) in [6.07, 6.45) is 4.44. The smallest absolute Gasteiger partial charge is 0.311 e. The molecular formula is C22H19N3O5. The Balaban J connectivity index is 1.82. The van der Waals surface area contributed by atoms with E-state index in [9.17, 15) is 14.9 Å². The summed E-state index contributed by atoms with van der Waals surface area (Å²) in [4.78, 5) is 27.6. The van der Waals surface area contributed by atoms with Crippen molar-refractivity contribution in [1.82, 2.24) is 4.98 Å². The second kappa shape index (κ2) is 9.33. The van der Waals surface area contributed by atoms with Gasteiger partial charge in [0.2, 0.25) is 0 Å². The maximum absolute atomic E-state index is 12.7. The first kappa shape index (κ1) is 20.5. The van der Waals surface area contributed by atoms with Crippen LogP contribution < -0.4 is 14.8 Å². The number of carbonyl (C=O) groups excluding carboxylic acids is 1. The van der Waals surface area contributed by atoms with E-state index in [2.05, 4.69) is 10.3 Å². The number of aromatic nitrogens is 1. The van der Waals surface area contributed by atoms with Crippen LogP contribution in [0.15, 0.2) is 66.9 Å². The highest BCUT2D eigenvalue weighted by Crippen LogP contribution is 2.28. The Morgan fingerprint density at radius 1 is 1.10 bits per heavy atom. The van der Waals surface area contributed by atoms with Gasteiger partial charge >= 0.3 is 5.69 Å². The van der Waals surface area contributed by atoms with E-state index >= 15 is 0 Å². The number of ether oxygens (including phenoxy) is 2. The van der Waals surface area contributed by atoms with Crippen molar-refractivity contribution < 1.29 is 19.2 Å². The number of allylic oxidation sites excluding steroid dienone is 1. The summed E-state index contributed by atoms with van der Waals surface area (Å²) in [6.45, 7) is 0. The van der Waals surface area contributed by atoms with Gasteiger partial charge in [-0.05, 0) is 54.1 Å². The molecule has 1 N–H and O–H groups in total. The number of pyridine rings is 1. The van der Waals surface area contributed by atoms with Crippen molar-refractivity contribution in [3.63, 3.8) is 0 Å². The Labute approximate surface area is 172 Å². The zero-order valence-electron chi connectivity index (χ0n) is 16.4. The van der Waals surface area contributed by atoms with E-state index in [1.165, 1.54) is 31.4 Å². The third-order valence-electron chi connectivity index (χ3n) is 4.25. The van der Waals surface area contributed by atoms with Gasteiger partial charge in [0.15, 0.2) is 11.5 Å². The topological polar surface area (TPSA) is 104 Å². The molecule has 8 heteroatoms. The lowest BCUT2D eigenvalue weighted by Gasteiger charge is -2.09. The van der Waals surface area contributed by atoms with E-state index in [0.29, 0.717) is 16.9 Å². The predicted octanol–water partition coefficient (Wildman–Crippen LogP) is 4.65. The van der Waals surface area contributed by atoms with Crippen LogP contribution in [0, 0.1) is 10.1 Å². The number of ketones is 1. The van der Waals surface area contributed by atoms with Gasteiger partial charge in [-0.25, -0.2) is 4.98 Å². The zero-order chi connectivity index (χ0) is 21.5. The number of hydrogen-bond donors (Lipinski definition) is 1. The average molecular weight is 405 g/mol. The number of carbonyl (C=O) groups is 1. The monoisotopic (exact) mass is 405 g/mol. The van der Waals surface area contributed by atoms with Crippen LogP contribution in [0.2, 0.25) is 0 Å². The minimum Gasteiger partial charge on any atom is -0.497 e. The summed E-state index contributed by atoms with van der Waals surface area (Å²) < 4.78 is 10.1. The summed E-state index contributed by atoms with van der Waals surface area (Å²) in [6, 6.07) is 15.0. The molecule has 152 valence electrons. The molecule has 0 saturated heterocycles. The minimum atomic E-state index is -0.532. The maximum Gasteiger partial charge on any atom is 0.311 e. The molecule has 0 amide bonds. The van der Waals surface area contributed by atoms with Gasteiger partial charge in [-0.15, -0.1) is 0 Å². The third-order valence-corrected chi connectivity index (χ3v) is 4.25. The normalized spacial score (nSPS) is 10.6. The average Bonchev–Trinajstić information content (AvgIpc) is 2.78. The number of rotatable bonds is 8. The van der Waals surface area contributed by atoms with Crippen molar-refractivity contribution in [3.05, 3.63) is 88.1 Å². The lowest BCUT2D eigenvalue weighted by Crippen LogP contribution is -2.03. The molecule has 0 bridgehead atoms. The van der Waals surface area contributed by atoms with E-state index in [1.807, 2.05) is 12.1 Å². The first-order valence-corrected chi connectivity index (χ1v) is 8.92. The fraction of sp³-hybridized carbons (Fsp3) is 0.0909. The second-order valence-electron chi connectivity index (χ2n) is 6.14. The summed E-state index contributed by atoms with van der Waals surface area (Å²) >= 11 is 0. The van der Waals surface area contributed by atoms with Gasteiger partial charge in [-0.3, -0.25) is 14.9 Å². The molecular weight excluding hydrogens is 386 g/mol. The van der Waals surface area contributed by atoms with Crippen LogP contribution in [0.1, 0.15) is 15.9 Å². The Hall–Kier alpha value is -4.20. The van der Waals surface area contributed by atoms with Gasteiger partial charge in [0.1, 0.15) is 11.6 Å². The number of nitrogens with zero attached hydrogens (tertiary/aromatic N) is 2. The first-order valence-electron chi connectivity index (χ1n) is 8.92. The number of methoxy groups -OCH3 is 2. The van der Waals surface area contributed by atoms with Gasteiger partial charge in [0.05, 0.1) is 24.7 Å². The molecule has 0 fully saturated rings. The molecule has 8 nitrogen and oxygen atoms in total. The quantitative estimate of drug-likeness (QED) is 0.252. The molecule has 0 aliphatic rings. The van der Waals surface area contributed by atoms with Crippen LogP contribution in [0.4, 0.5) is 17.2 Å². The molecule has 3 aromatic rings. The number of nitrogens with one attached hydrogen (secondary N) is 1. The van der Waals surface area contributed by atoms with Crippen LogP contribution >= 0.6 is 0 Å². The molecule has 3 rings (SSSR count). The van der Waals surface area contributed by atoms with Crippen LogP contribution in [0.25, 0.3) is 6.08 Å². The molecule has 30 heavy (non-hydrogen) atoms. The molecule has 1 aromatic heterocycles. The Morgan fingerprint density at radius 2 is 1.87 bits per heavy atom. The van der Waals surface area contributed by atoms with Crippen LogP contribution in [0.5, 0.6) is 11.5 Å². The molecule has 0 atom stereocenters. The molecule has 1 heterocycles. The fourth-order valence-corrected chi connectivity index (χ4v) is 2.73. The highest BCUT2D eigenvalue weighted by Gasteiger charge is 2.15. The fourth-order valence-electron chi connectivity index (χ4n) is 2.73. The van der Waals surface area contributed by atoms with Crippen molar-refractivity contribution >= 4 is 29.1 Å². The van der Waals surface area contributed by atoms with Gasteiger partial charge in [0, 0.05) is 18.0 Å². The molecule has 0 aliphatic carbocycles. The largest absolute Gasteiger partial charge is 0.497 e. The standard InChI is InChI=1S/C22H19N3O5/c1-29-17-9-7-16(8-10-17)24-22-18(4-3-13-23-22)20(26)11-5-15-6-12-21(30-2)19(14-15)25(27)28/h3-14H,1-2H3,(H,23,24)/b11-5+. The van der Waals surface area contributed by atoms with Crippen LogP contribution in [-0.2, 0) is 0 Å². The Bertz CT molecular complexity index is 1090. The molecule has 0 spiro atoms. The Morgan fingerprint density at radius 3 is 2.53 bits per heavy atom. The van der Waals surface area contributed by atoms with E-state index < -0.39 is 4.92 Å². The van der Waals surface area contributed by atoms with E-state index in [1.54, 1.807) is 43.6 Å². The van der Waals surface area contributed by atoms with Crippen LogP contribution in [-0.4, -0.2) is 29.9 Å². The number of hydrogen-bond acceptors (Lipinski definition) is 7. The molecule has 0 unspecified atom stereocenters. The Kier molecular flexibility index (Phi) is 6.39. The summed E-state index contributed by atoms with van der Waals surface area (Å²) in [5, 5.41) is 14.3. The number of anilines is 2. The van der Waals surface area contributed by atoms with E-state index in [0.717, 1.165) is 11.4 Å². The predicted molar refractivity (Wildman–Crippen MR) is 114 cm³/mol. The van der Waals surface area contributed by atoms with Crippen molar-refractivity contribution in [3.8, 4) is 11.5 Å². The van der Waals surface area contributed by atoms with Gasteiger partial charge in [-0.1, -0.05) is 12.1 Å². The lowest BCUT2D eigenvalue weighted by atomic mass is 10.1. The number of nitro groups is 1. The van der Waals surface area contributed by atoms with Crippen molar-refractivity contribution in [2.45, 2.75) is 0 Å². The van der Waals surface area contributed by atoms with Crippen molar-refractivity contribution in [2.75, 3.05) is 19.5 Å². The minimum absolute atomic E-state index is 0.154. The molecule has 0 radical (unpaired) electrons. The highest BCUT2D eigenvalue weighted by molar-refractivity contribution is 6.10. The zero-order valence-corrected chi connectivity index (χ0v) is 16.4. The summed E-state index contributed by atoms with van der Waals surface area (Å²) in [5.74, 6) is 0.978. The molecule has 2 aromatic carbocycles. The second-order valence-corrected chi connectivity index (χ2v) is 6.14. The summed E-state index contributed by atoms with van der Waals surface area (Å²) in [7, 11) is 2.95. The SMILES string of the molecule is COc1ccc(Nc2ncccc2C(=O)/C=C/c2ccc(OC)c([N+](=O)[O-])c2)cc1. The summed E-state index contributed by atoms with van der Waals surface area (Å²) in [5.41, 5.74) is 1.45. The lowest BCUT2D eigenvalue weighted by molar-refractivity contribution is -0.385. The molecule has 0 saturated carbocycles. The van der Waals surface area contributed by atoms with Crippen molar-refractivity contribution in [1.29, 1.82) is 0 Å². The van der Waals surface area contributed by atoms with Gasteiger partial charge in [0.25, 0.3) is 0 Å². The molecule has 0 aliphatic heterocycles.